The average molecular weight is 239 g/mol. The van der Waals surface area contributed by atoms with E-state index in [4.69, 9.17) is 10.00 Å². The number of ether oxygens (including phenoxy) is 1. The maximum absolute atomic E-state index is 9.68. The van der Waals surface area contributed by atoms with Crippen LogP contribution in [-0.2, 0) is 0 Å². The SMILES string of the molecule is C[C@@H](O)c1ccc(C#N)cc1Oc1ccccc1. The molecule has 0 aromatic heterocycles. The fraction of sp³-hybridized carbons (Fsp3) is 0.133. The summed E-state index contributed by atoms with van der Waals surface area (Å²) in [7, 11) is 0. The van der Waals surface area contributed by atoms with Gasteiger partial charge in [-0.3, -0.25) is 0 Å². The molecule has 0 aliphatic rings. The Morgan fingerprint density at radius 2 is 1.89 bits per heavy atom. The first kappa shape index (κ1) is 12.2. The van der Waals surface area contributed by atoms with Crippen molar-refractivity contribution in [3.63, 3.8) is 0 Å². The predicted molar refractivity (Wildman–Crippen MR) is 68.3 cm³/mol. The Morgan fingerprint density at radius 1 is 1.17 bits per heavy atom. The van der Waals surface area contributed by atoms with E-state index in [0.29, 0.717) is 22.6 Å². The zero-order valence-electron chi connectivity index (χ0n) is 10.00. The minimum absolute atomic E-state index is 0.505. The van der Waals surface area contributed by atoms with Crippen LogP contribution in [0.1, 0.15) is 24.2 Å². The van der Waals surface area contributed by atoms with E-state index in [1.54, 1.807) is 25.1 Å². The van der Waals surface area contributed by atoms with Crippen molar-refractivity contribution in [1.29, 1.82) is 5.26 Å². The van der Waals surface area contributed by atoms with Gasteiger partial charge < -0.3 is 9.84 Å². The van der Waals surface area contributed by atoms with Crippen molar-refractivity contribution in [1.82, 2.24) is 0 Å². The first-order chi connectivity index (χ1) is 8.70. The summed E-state index contributed by atoms with van der Waals surface area (Å²) in [6, 6.07) is 16.3. The third-order valence-electron chi connectivity index (χ3n) is 2.56. The van der Waals surface area contributed by atoms with Crippen LogP contribution in [0.15, 0.2) is 48.5 Å². The largest absolute Gasteiger partial charge is 0.457 e. The van der Waals surface area contributed by atoms with Gasteiger partial charge in [-0.15, -0.1) is 0 Å². The van der Waals surface area contributed by atoms with Crippen LogP contribution in [-0.4, -0.2) is 5.11 Å². The molecule has 0 spiro atoms. The Kier molecular flexibility index (Phi) is 3.61. The summed E-state index contributed by atoms with van der Waals surface area (Å²) in [6.07, 6.45) is -0.642. The van der Waals surface area contributed by atoms with E-state index in [1.807, 2.05) is 30.3 Å². The lowest BCUT2D eigenvalue weighted by Gasteiger charge is -2.13. The van der Waals surface area contributed by atoms with Crippen molar-refractivity contribution in [3.05, 3.63) is 59.7 Å². The zero-order chi connectivity index (χ0) is 13.0. The topological polar surface area (TPSA) is 53.2 Å². The van der Waals surface area contributed by atoms with E-state index < -0.39 is 6.10 Å². The highest BCUT2D eigenvalue weighted by Crippen LogP contribution is 2.30. The minimum Gasteiger partial charge on any atom is -0.457 e. The summed E-state index contributed by atoms with van der Waals surface area (Å²) in [5, 5.41) is 18.6. The second-order valence-corrected chi connectivity index (χ2v) is 3.96. The molecule has 2 aromatic carbocycles. The van der Waals surface area contributed by atoms with E-state index in [1.165, 1.54) is 0 Å². The third kappa shape index (κ3) is 2.68. The molecule has 0 amide bonds. The first-order valence-electron chi connectivity index (χ1n) is 5.65. The van der Waals surface area contributed by atoms with Gasteiger partial charge >= 0.3 is 0 Å². The maximum Gasteiger partial charge on any atom is 0.134 e. The maximum atomic E-state index is 9.68. The van der Waals surface area contributed by atoms with E-state index >= 15 is 0 Å². The molecular weight excluding hydrogens is 226 g/mol. The predicted octanol–water partition coefficient (Wildman–Crippen LogP) is 3.40. The van der Waals surface area contributed by atoms with Gasteiger partial charge in [-0.25, -0.2) is 0 Å². The number of para-hydroxylation sites is 1. The molecule has 1 N–H and O–H groups in total. The molecule has 3 heteroatoms. The molecule has 0 unspecified atom stereocenters. The third-order valence-corrected chi connectivity index (χ3v) is 2.56. The second kappa shape index (κ2) is 5.35. The minimum atomic E-state index is -0.642. The number of hydrogen-bond acceptors (Lipinski definition) is 3. The van der Waals surface area contributed by atoms with Crippen molar-refractivity contribution in [3.8, 4) is 17.6 Å². The lowest BCUT2D eigenvalue weighted by Crippen LogP contribution is -1.96. The molecular formula is C15H13NO2. The van der Waals surface area contributed by atoms with Crippen molar-refractivity contribution in [2.75, 3.05) is 0 Å². The molecule has 1 atom stereocenters. The average Bonchev–Trinajstić information content (AvgIpc) is 2.39. The van der Waals surface area contributed by atoms with Gasteiger partial charge in [-0.1, -0.05) is 24.3 Å². The van der Waals surface area contributed by atoms with Crippen LogP contribution < -0.4 is 4.74 Å². The van der Waals surface area contributed by atoms with Crippen LogP contribution >= 0.6 is 0 Å². The molecule has 0 bridgehead atoms. The summed E-state index contributed by atoms with van der Waals surface area (Å²) in [5.74, 6) is 1.18. The smallest absolute Gasteiger partial charge is 0.134 e. The standard InChI is InChI=1S/C15H13NO2/c1-11(17)14-8-7-12(10-16)9-15(14)18-13-5-3-2-4-6-13/h2-9,11,17H,1H3/t11-/m1/s1. The van der Waals surface area contributed by atoms with Crippen molar-refractivity contribution >= 4 is 0 Å². The lowest BCUT2D eigenvalue weighted by molar-refractivity contribution is 0.195. The number of nitrogens with zero attached hydrogens (tertiary/aromatic N) is 1. The highest BCUT2D eigenvalue weighted by molar-refractivity contribution is 5.45. The van der Waals surface area contributed by atoms with Gasteiger partial charge in [0.15, 0.2) is 0 Å². The molecule has 18 heavy (non-hydrogen) atoms. The Morgan fingerprint density at radius 3 is 2.50 bits per heavy atom. The van der Waals surface area contributed by atoms with Crippen molar-refractivity contribution in [2.24, 2.45) is 0 Å². The van der Waals surface area contributed by atoms with E-state index in [9.17, 15) is 5.11 Å². The normalized spacial score (nSPS) is 11.6. The Balaban J connectivity index is 2.39. The van der Waals surface area contributed by atoms with Gasteiger partial charge in [0.1, 0.15) is 11.5 Å². The second-order valence-electron chi connectivity index (χ2n) is 3.96. The van der Waals surface area contributed by atoms with Crippen LogP contribution in [0.5, 0.6) is 11.5 Å². The Bertz CT molecular complexity index is 571. The molecule has 0 aliphatic heterocycles. The molecule has 0 aliphatic carbocycles. The van der Waals surface area contributed by atoms with Gasteiger partial charge in [0, 0.05) is 5.56 Å². The van der Waals surface area contributed by atoms with Crippen LogP contribution in [0.25, 0.3) is 0 Å². The number of rotatable bonds is 3. The van der Waals surface area contributed by atoms with Gasteiger partial charge in [0.05, 0.1) is 17.7 Å². The van der Waals surface area contributed by atoms with Gasteiger partial charge in [-0.2, -0.15) is 5.26 Å². The van der Waals surface area contributed by atoms with E-state index in [2.05, 4.69) is 6.07 Å². The molecule has 2 rings (SSSR count). The highest BCUT2D eigenvalue weighted by Gasteiger charge is 2.11. The Hall–Kier alpha value is -2.31. The zero-order valence-corrected chi connectivity index (χ0v) is 10.00. The van der Waals surface area contributed by atoms with Crippen LogP contribution in [0.4, 0.5) is 0 Å². The molecule has 0 fully saturated rings. The molecule has 2 aromatic rings. The number of benzene rings is 2. The fourth-order valence-corrected chi connectivity index (χ4v) is 1.65. The lowest BCUT2D eigenvalue weighted by atomic mass is 10.1. The first-order valence-corrected chi connectivity index (χ1v) is 5.65. The molecule has 3 nitrogen and oxygen atoms in total. The number of aliphatic hydroxyl groups excluding tert-OH is 1. The van der Waals surface area contributed by atoms with Crippen LogP contribution in [0, 0.1) is 11.3 Å². The summed E-state index contributed by atoms with van der Waals surface area (Å²) >= 11 is 0. The number of nitriles is 1. The summed E-state index contributed by atoms with van der Waals surface area (Å²) in [4.78, 5) is 0. The fourth-order valence-electron chi connectivity index (χ4n) is 1.65. The van der Waals surface area contributed by atoms with E-state index in [0.717, 1.165) is 0 Å². The van der Waals surface area contributed by atoms with Crippen LogP contribution in [0.3, 0.4) is 0 Å². The molecule has 0 heterocycles. The molecule has 0 saturated carbocycles. The van der Waals surface area contributed by atoms with Gasteiger partial charge in [-0.05, 0) is 31.2 Å². The van der Waals surface area contributed by atoms with Gasteiger partial charge in [0.2, 0.25) is 0 Å². The molecule has 0 saturated heterocycles. The summed E-state index contributed by atoms with van der Waals surface area (Å²) in [5.41, 5.74) is 1.17. The highest BCUT2D eigenvalue weighted by atomic mass is 16.5. The van der Waals surface area contributed by atoms with Gasteiger partial charge in [0.25, 0.3) is 0 Å². The monoisotopic (exact) mass is 239 g/mol. The molecule has 0 radical (unpaired) electrons. The summed E-state index contributed by atoms with van der Waals surface area (Å²) in [6.45, 7) is 1.67. The van der Waals surface area contributed by atoms with Crippen molar-refractivity contribution in [2.45, 2.75) is 13.0 Å². The van der Waals surface area contributed by atoms with Crippen molar-refractivity contribution < 1.29 is 9.84 Å². The van der Waals surface area contributed by atoms with Crippen LogP contribution in [0.2, 0.25) is 0 Å². The number of hydrogen-bond donors (Lipinski definition) is 1. The number of aliphatic hydroxyl groups is 1. The Labute approximate surface area is 106 Å². The summed E-state index contributed by atoms with van der Waals surface area (Å²) < 4.78 is 5.70. The van der Waals surface area contributed by atoms with E-state index in [-0.39, 0.29) is 0 Å². The quantitative estimate of drug-likeness (QED) is 0.893. The molecule has 90 valence electrons.